The number of carbonyl (C=O) groups is 2. The van der Waals surface area contributed by atoms with Gasteiger partial charge in [0, 0.05) is 23.4 Å². The number of ether oxygens (including phenoxy) is 1. The number of rotatable bonds is 7. The van der Waals surface area contributed by atoms with Crippen molar-refractivity contribution in [2.45, 2.75) is 6.10 Å². The third-order valence-corrected chi connectivity index (χ3v) is 4.71. The second-order valence-corrected chi connectivity index (χ2v) is 7.30. The normalized spacial score (nSPS) is 11.8. The van der Waals surface area contributed by atoms with Gasteiger partial charge in [0.15, 0.2) is 4.67 Å². The quantitative estimate of drug-likeness (QED) is 0.195. The first-order valence-corrected chi connectivity index (χ1v) is 9.94. The summed E-state index contributed by atoms with van der Waals surface area (Å²) in [5.41, 5.74) is 0.195. The van der Waals surface area contributed by atoms with Gasteiger partial charge in [-0.25, -0.2) is 4.79 Å². The van der Waals surface area contributed by atoms with E-state index in [1.807, 2.05) is 0 Å². The topological polar surface area (TPSA) is 112 Å². The van der Waals surface area contributed by atoms with Crippen LogP contribution in [0.3, 0.4) is 0 Å². The van der Waals surface area contributed by atoms with E-state index in [-0.39, 0.29) is 16.4 Å². The average Bonchev–Trinajstić information content (AvgIpc) is 3.17. The van der Waals surface area contributed by atoms with Gasteiger partial charge in [0.05, 0.1) is 4.92 Å². The summed E-state index contributed by atoms with van der Waals surface area (Å²) in [6, 6.07) is 15.5. The van der Waals surface area contributed by atoms with Crippen molar-refractivity contribution in [3.63, 3.8) is 0 Å². The molecule has 10 heteroatoms. The first kappa shape index (κ1) is 22.3. The maximum atomic E-state index is 12.9. The molecule has 0 aliphatic heterocycles. The van der Waals surface area contributed by atoms with E-state index in [0.29, 0.717) is 16.0 Å². The van der Waals surface area contributed by atoms with Crippen LogP contribution >= 0.6 is 27.5 Å². The van der Waals surface area contributed by atoms with Gasteiger partial charge in [-0.05, 0) is 46.3 Å². The lowest BCUT2D eigenvalue weighted by molar-refractivity contribution is -0.384. The van der Waals surface area contributed by atoms with Crippen molar-refractivity contribution in [3.05, 3.63) is 97.9 Å². The fourth-order valence-corrected chi connectivity index (χ4v) is 3.07. The highest BCUT2D eigenvalue weighted by Gasteiger charge is 2.25. The van der Waals surface area contributed by atoms with Crippen LogP contribution in [0.25, 0.3) is 6.08 Å². The lowest BCUT2D eigenvalue weighted by Crippen LogP contribution is -2.25. The molecule has 0 bridgehead atoms. The highest BCUT2D eigenvalue weighted by atomic mass is 79.9. The van der Waals surface area contributed by atoms with Crippen molar-refractivity contribution in [1.29, 1.82) is 0 Å². The molecule has 2 aromatic carbocycles. The van der Waals surface area contributed by atoms with Gasteiger partial charge in [0.25, 0.3) is 11.6 Å². The number of halogens is 2. The average molecular weight is 506 g/mol. The third-order valence-electron chi connectivity index (χ3n) is 3.96. The number of esters is 1. The molecule has 1 aromatic heterocycles. The van der Waals surface area contributed by atoms with Crippen LogP contribution in [-0.4, -0.2) is 16.8 Å². The minimum Gasteiger partial charge on any atom is -0.450 e. The van der Waals surface area contributed by atoms with E-state index in [0.717, 1.165) is 12.1 Å². The standard InChI is InChI=1S/C21H14BrClN2O6/c22-18-10-7-15(30-18)8-11-19(26)31-20(13-4-2-1-3-5-13)21(27)24-14-6-9-16(23)17(12-14)25(28)29/h1-12,20H,(H,24,27)/b11-8+/t20-/m1/s1. The van der Waals surface area contributed by atoms with Gasteiger partial charge in [-0.1, -0.05) is 41.9 Å². The second kappa shape index (κ2) is 10.1. The SMILES string of the molecule is O=C(/C=C/c1ccc(Br)o1)O[C@@H](C(=O)Nc1ccc(Cl)c([N+](=O)[O-])c1)c1ccccc1. The molecule has 0 fully saturated rings. The molecular weight excluding hydrogens is 492 g/mol. The van der Waals surface area contributed by atoms with E-state index in [1.54, 1.807) is 42.5 Å². The molecule has 3 rings (SSSR count). The minimum atomic E-state index is -1.29. The molecule has 1 atom stereocenters. The number of hydrogen-bond acceptors (Lipinski definition) is 6. The number of nitrogens with zero attached hydrogens (tertiary/aromatic N) is 1. The van der Waals surface area contributed by atoms with E-state index in [1.165, 1.54) is 18.2 Å². The van der Waals surface area contributed by atoms with E-state index in [2.05, 4.69) is 21.2 Å². The number of nitro groups is 1. The van der Waals surface area contributed by atoms with E-state index in [9.17, 15) is 19.7 Å². The number of furan rings is 1. The third kappa shape index (κ3) is 6.03. The van der Waals surface area contributed by atoms with Crippen LogP contribution in [0.4, 0.5) is 11.4 Å². The Morgan fingerprint density at radius 3 is 2.55 bits per heavy atom. The zero-order valence-corrected chi connectivity index (χ0v) is 18.0. The fraction of sp³-hybridized carbons (Fsp3) is 0.0476. The Morgan fingerprint density at radius 2 is 1.90 bits per heavy atom. The molecular formula is C21H14BrClN2O6. The maximum Gasteiger partial charge on any atom is 0.332 e. The molecule has 158 valence electrons. The summed E-state index contributed by atoms with van der Waals surface area (Å²) in [7, 11) is 0. The lowest BCUT2D eigenvalue weighted by Gasteiger charge is -2.17. The molecule has 8 nitrogen and oxygen atoms in total. The van der Waals surface area contributed by atoms with Crippen LogP contribution in [0.15, 0.2) is 75.8 Å². The Kier molecular flexibility index (Phi) is 7.22. The van der Waals surface area contributed by atoms with Gasteiger partial charge in [0.2, 0.25) is 6.10 Å². The van der Waals surface area contributed by atoms with Crippen LogP contribution < -0.4 is 5.32 Å². The highest BCUT2D eigenvalue weighted by molar-refractivity contribution is 9.10. The number of anilines is 1. The summed E-state index contributed by atoms with van der Waals surface area (Å²) in [5, 5.41) is 13.5. The largest absolute Gasteiger partial charge is 0.450 e. The van der Waals surface area contributed by atoms with Gasteiger partial charge >= 0.3 is 5.97 Å². The molecule has 0 unspecified atom stereocenters. The molecule has 0 aliphatic rings. The molecule has 0 saturated heterocycles. The summed E-state index contributed by atoms with van der Waals surface area (Å²) < 4.78 is 11.1. The highest BCUT2D eigenvalue weighted by Crippen LogP contribution is 2.28. The van der Waals surface area contributed by atoms with Crippen molar-refractivity contribution >= 4 is 56.9 Å². The van der Waals surface area contributed by atoms with Gasteiger partial charge < -0.3 is 14.5 Å². The minimum absolute atomic E-state index is 0.0660. The Bertz CT molecular complexity index is 1150. The predicted octanol–water partition coefficient (Wildman–Crippen LogP) is 5.54. The molecule has 0 radical (unpaired) electrons. The molecule has 1 heterocycles. The Hall–Kier alpha value is -3.43. The van der Waals surface area contributed by atoms with Crippen LogP contribution in [0.2, 0.25) is 5.02 Å². The summed E-state index contributed by atoms with van der Waals surface area (Å²) in [6.07, 6.45) is 1.23. The van der Waals surface area contributed by atoms with E-state index < -0.39 is 22.9 Å². The second-order valence-electron chi connectivity index (χ2n) is 6.12. The lowest BCUT2D eigenvalue weighted by atomic mass is 10.1. The number of hydrogen-bond donors (Lipinski definition) is 1. The summed E-state index contributed by atoms with van der Waals surface area (Å²) in [4.78, 5) is 35.6. The van der Waals surface area contributed by atoms with Crippen molar-refractivity contribution in [2.75, 3.05) is 5.32 Å². The zero-order valence-electron chi connectivity index (χ0n) is 15.7. The zero-order chi connectivity index (χ0) is 22.4. The van der Waals surface area contributed by atoms with Crippen molar-refractivity contribution in [2.24, 2.45) is 0 Å². The van der Waals surface area contributed by atoms with E-state index in [4.69, 9.17) is 20.8 Å². The van der Waals surface area contributed by atoms with Crippen LogP contribution in [-0.2, 0) is 14.3 Å². The van der Waals surface area contributed by atoms with Crippen LogP contribution in [0, 0.1) is 10.1 Å². The van der Waals surface area contributed by atoms with Crippen LogP contribution in [0.1, 0.15) is 17.4 Å². The van der Waals surface area contributed by atoms with Gasteiger partial charge in [-0.3, -0.25) is 14.9 Å². The number of carbonyl (C=O) groups excluding carboxylic acids is 2. The molecule has 0 saturated carbocycles. The van der Waals surface area contributed by atoms with Gasteiger partial charge in [0.1, 0.15) is 10.8 Å². The molecule has 0 spiro atoms. The molecule has 31 heavy (non-hydrogen) atoms. The van der Waals surface area contributed by atoms with Gasteiger partial charge in [-0.2, -0.15) is 0 Å². The molecule has 1 N–H and O–H groups in total. The first-order valence-electron chi connectivity index (χ1n) is 8.77. The fourth-order valence-electron chi connectivity index (χ4n) is 2.56. The Morgan fingerprint density at radius 1 is 1.16 bits per heavy atom. The summed E-state index contributed by atoms with van der Waals surface area (Å²) >= 11 is 8.96. The smallest absolute Gasteiger partial charge is 0.332 e. The van der Waals surface area contributed by atoms with Crippen molar-refractivity contribution < 1.29 is 23.7 Å². The predicted molar refractivity (Wildman–Crippen MR) is 117 cm³/mol. The summed E-state index contributed by atoms with van der Waals surface area (Å²) in [6.45, 7) is 0. The molecule has 0 aliphatic carbocycles. The Labute approximate surface area is 189 Å². The number of nitro benzene ring substituents is 1. The number of nitrogens with one attached hydrogen (secondary N) is 1. The van der Waals surface area contributed by atoms with E-state index >= 15 is 0 Å². The Balaban J connectivity index is 1.80. The van der Waals surface area contributed by atoms with Gasteiger partial charge in [-0.15, -0.1) is 0 Å². The number of amides is 1. The monoisotopic (exact) mass is 504 g/mol. The van der Waals surface area contributed by atoms with Crippen molar-refractivity contribution in [1.82, 2.24) is 0 Å². The van der Waals surface area contributed by atoms with Crippen molar-refractivity contribution in [3.8, 4) is 0 Å². The maximum absolute atomic E-state index is 12.9. The first-order chi connectivity index (χ1) is 14.8. The van der Waals surface area contributed by atoms with Crippen LogP contribution in [0.5, 0.6) is 0 Å². The summed E-state index contributed by atoms with van der Waals surface area (Å²) in [5.74, 6) is -1.05. The molecule has 3 aromatic rings. The molecule has 1 amide bonds. The number of benzene rings is 2.